The largest absolute Gasteiger partial charge is 0.374 e. The van der Waals surface area contributed by atoms with Crippen LogP contribution in [0.3, 0.4) is 0 Å². The number of hydrogen-bond acceptors (Lipinski definition) is 2. The molecule has 13 heavy (non-hydrogen) atoms. The van der Waals surface area contributed by atoms with Crippen molar-refractivity contribution in [1.82, 2.24) is 0 Å². The van der Waals surface area contributed by atoms with E-state index in [-0.39, 0.29) is 6.10 Å². The zero-order chi connectivity index (χ0) is 9.84. The molecule has 1 fully saturated rings. The van der Waals surface area contributed by atoms with Gasteiger partial charge in [-0.25, -0.2) is 0 Å². The van der Waals surface area contributed by atoms with E-state index >= 15 is 0 Å². The molecule has 2 heteroatoms. The molecule has 0 aromatic heterocycles. The van der Waals surface area contributed by atoms with Crippen molar-refractivity contribution in [3.63, 3.8) is 0 Å². The zero-order valence-electron chi connectivity index (χ0n) is 9.12. The van der Waals surface area contributed by atoms with E-state index in [0.717, 1.165) is 11.8 Å². The average molecular weight is 185 g/mol. The SMILES string of the molecule is CC1CC(C)CC(OC(C)CN)C1. The summed E-state index contributed by atoms with van der Waals surface area (Å²) in [5.41, 5.74) is 5.53. The van der Waals surface area contributed by atoms with Crippen LogP contribution in [0, 0.1) is 11.8 Å². The van der Waals surface area contributed by atoms with Gasteiger partial charge in [-0.1, -0.05) is 13.8 Å². The summed E-state index contributed by atoms with van der Waals surface area (Å²) < 4.78 is 5.86. The third-order valence-electron chi connectivity index (χ3n) is 2.89. The van der Waals surface area contributed by atoms with Crippen molar-refractivity contribution < 1.29 is 4.74 Å². The third-order valence-corrected chi connectivity index (χ3v) is 2.89. The van der Waals surface area contributed by atoms with Gasteiger partial charge in [0.15, 0.2) is 0 Å². The van der Waals surface area contributed by atoms with E-state index in [2.05, 4.69) is 20.8 Å². The molecular formula is C11H23NO. The van der Waals surface area contributed by atoms with Crippen molar-refractivity contribution in [1.29, 1.82) is 0 Å². The lowest BCUT2D eigenvalue weighted by Crippen LogP contribution is -2.32. The predicted molar refractivity (Wildman–Crippen MR) is 55.6 cm³/mol. The standard InChI is InChI=1S/C11H23NO/c1-8-4-9(2)6-11(5-8)13-10(3)7-12/h8-11H,4-7,12H2,1-3H3. The second-order valence-electron chi connectivity index (χ2n) is 4.72. The smallest absolute Gasteiger partial charge is 0.0672 e. The number of ether oxygens (including phenoxy) is 1. The molecule has 3 unspecified atom stereocenters. The maximum atomic E-state index is 5.86. The Kier molecular flexibility index (Phi) is 4.20. The Morgan fingerprint density at radius 1 is 1.23 bits per heavy atom. The topological polar surface area (TPSA) is 35.2 Å². The molecule has 0 aromatic carbocycles. The molecule has 3 atom stereocenters. The number of hydrogen-bond donors (Lipinski definition) is 1. The third kappa shape index (κ3) is 3.65. The molecule has 1 aliphatic carbocycles. The Labute approximate surface area is 81.8 Å². The van der Waals surface area contributed by atoms with Gasteiger partial charge in [0, 0.05) is 6.54 Å². The molecule has 0 spiro atoms. The molecule has 0 heterocycles. The van der Waals surface area contributed by atoms with E-state index in [1.54, 1.807) is 0 Å². The first-order chi connectivity index (χ1) is 6.11. The van der Waals surface area contributed by atoms with Gasteiger partial charge in [0.05, 0.1) is 12.2 Å². The molecule has 0 saturated heterocycles. The minimum Gasteiger partial charge on any atom is -0.374 e. The monoisotopic (exact) mass is 185 g/mol. The first kappa shape index (κ1) is 11.0. The van der Waals surface area contributed by atoms with Crippen LogP contribution in [-0.4, -0.2) is 18.8 Å². The highest BCUT2D eigenvalue weighted by Crippen LogP contribution is 2.30. The van der Waals surface area contributed by atoms with Gasteiger partial charge in [-0.15, -0.1) is 0 Å². The Hall–Kier alpha value is -0.0800. The highest BCUT2D eigenvalue weighted by Gasteiger charge is 2.25. The van der Waals surface area contributed by atoms with Crippen molar-refractivity contribution in [3.05, 3.63) is 0 Å². The second kappa shape index (κ2) is 4.97. The molecule has 0 radical (unpaired) electrons. The van der Waals surface area contributed by atoms with E-state index in [0.29, 0.717) is 12.6 Å². The molecule has 1 saturated carbocycles. The summed E-state index contributed by atoms with van der Waals surface area (Å²) in [7, 11) is 0. The van der Waals surface area contributed by atoms with Gasteiger partial charge >= 0.3 is 0 Å². The van der Waals surface area contributed by atoms with Crippen LogP contribution in [0.4, 0.5) is 0 Å². The lowest BCUT2D eigenvalue weighted by molar-refractivity contribution is -0.0370. The quantitative estimate of drug-likeness (QED) is 0.731. The molecule has 0 bridgehead atoms. The Morgan fingerprint density at radius 3 is 2.23 bits per heavy atom. The van der Waals surface area contributed by atoms with Crippen molar-refractivity contribution in [3.8, 4) is 0 Å². The molecule has 1 aliphatic rings. The fraction of sp³-hybridized carbons (Fsp3) is 1.00. The molecule has 78 valence electrons. The summed E-state index contributed by atoms with van der Waals surface area (Å²) in [6, 6.07) is 0. The molecule has 0 aliphatic heterocycles. The molecule has 0 aromatic rings. The van der Waals surface area contributed by atoms with Crippen LogP contribution in [0.1, 0.15) is 40.0 Å². The molecule has 1 rings (SSSR count). The summed E-state index contributed by atoms with van der Waals surface area (Å²) in [5, 5.41) is 0. The van der Waals surface area contributed by atoms with Crippen LogP contribution in [0.25, 0.3) is 0 Å². The maximum absolute atomic E-state index is 5.86. The van der Waals surface area contributed by atoms with Crippen LogP contribution in [0.5, 0.6) is 0 Å². The van der Waals surface area contributed by atoms with E-state index in [9.17, 15) is 0 Å². The zero-order valence-corrected chi connectivity index (χ0v) is 9.12. The van der Waals surface area contributed by atoms with Gasteiger partial charge in [-0.05, 0) is 38.0 Å². The number of nitrogens with two attached hydrogens (primary N) is 1. The van der Waals surface area contributed by atoms with Crippen molar-refractivity contribution in [2.75, 3.05) is 6.54 Å². The van der Waals surface area contributed by atoms with Gasteiger partial charge in [0.1, 0.15) is 0 Å². The van der Waals surface area contributed by atoms with Crippen LogP contribution >= 0.6 is 0 Å². The maximum Gasteiger partial charge on any atom is 0.0672 e. The van der Waals surface area contributed by atoms with E-state index in [4.69, 9.17) is 10.5 Å². The van der Waals surface area contributed by atoms with E-state index < -0.39 is 0 Å². The van der Waals surface area contributed by atoms with Gasteiger partial charge in [-0.2, -0.15) is 0 Å². The van der Waals surface area contributed by atoms with Gasteiger partial charge < -0.3 is 10.5 Å². The van der Waals surface area contributed by atoms with E-state index in [1.807, 2.05) is 0 Å². The normalized spacial score (nSPS) is 37.4. The van der Waals surface area contributed by atoms with Gasteiger partial charge in [0.25, 0.3) is 0 Å². The summed E-state index contributed by atoms with van der Waals surface area (Å²) in [4.78, 5) is 0. The second-order valence-corrected chi connectivity index (χ2v) is 4.72. The summed E-state index contributed by atoms with van der Waals surface area (Å²) >= 11 is 0. The lowest BCUT2D eigenvalue weighted by Gasteiger charge is -2.32. The Bertz CT molecular complexity index is 139. The average Bonchev–Trinajstić information content (AvgIpc) is 2.02. The predicted octanol–water partition coefficient (Wildman–Crippen LogP) is 2.17. The Balaban J connectivity index is 2.32. The summed E-state index contributed by atoms with van der Waals surface area (Å²) in [6.07, 6.45) is 4.47. The van der Waals surface area contributed by atoms with Gasteiger partial charge in [-0.3, -0.25) is 0 Å². The summed E-state index contributed by atoms with van der Waals surface area (Å²) in [5.74, 6) is 1.64. The van der Waals surface area contributed by atoms with Crippen LogP contribution in [0.15, 0.2) is 0 Å². The highest BCUT2D eigenvalue weighted by atomic mass is 16.5. The fourth-order valence-corrected chi connectivity index (χ4v) is 2.37. The molecular weight excluding hydrogens is 162 g/mol. The Morgan fingerprint density at radius 2 is 1.77 bits per heavy atom. The first-order valence-corrected chi connectivity index (χ1v) is 5.47. The van der Waals surface area contributed by atoms with Crippen molar-refractivity contribution in [2.45, 2.75) is 52.2 Å². The lowest BCUT2D eigenvalue weighted by atomic mass is 9.82. The van der Waals surface area contributed by atoms with Crippen molar-refractivity contribution in [2.24, 2.45) is 17.6 Å². The van der Waals surface area contributed by atoms with E-state index in [1.165, 1.54) is 19.3 Å². The van der Waals surface area contributed by atoms with Gasteiger partial charge in [0.2, 0.25) is 0 Å². The minimum atomic E-state index is 0.225. The molecule has 2 nitrogen and oxygen atoms in total. The fourth-order valence-electron chi connectivity index (χ4n) is 2.37. The molecule has 2 N–H and O–H groups in total. The first-order valence-electron chi connectivity index (χ1n) is 5.47. The summed E-state index contributed by atoms with van der Waals surface area (Å²) in [6.45, 7) is 7.33. The number of rotatable bonds is 3. The highest BCUT2D eigenvalue weighted by molar-refractivity contribution is 4.76. The van der Waals surface area contributed by atoms with Crippen LogP contribution < -0.4 is 5.73 Å². The minimum absolute atomic E-state index is 0.225. The van der Waals surface area contributed by atoms with Crippen LogP contribution in [0.2, 0.25) is 0 Å². The molecule has 0 amide bonds. The van der Waals surface area contributed by atoms with Crippen molar-refractivity contribution >= 4 is 0 Å². The van der Waals surface area contributed by atoms with Crippen LogP contribution in [-0.2, 0) is 4.74 Å².